The van der Waals surface area contributed by atoms with Crippen molar-refractivity contribution in [2.45, 2.75) is 32.5 Å². The van der Waals surface area contributed by atoms with E-state index in [0.29, 0.717) is 0 Å². The minimum absolute atomic E-state index is 0.0139. The summed E-state index contributed by atoms with van der Waals surface area (Å²) in [4.78, 5) is 10.9. The lowest BCUT2D eigenvalue weighted by molar-refractivity contribution is -0.119. The van der Waals surface area contributed by atoms with Gasteiger partial charge in [0, 0.05) is 21.1 Å². The third-order valence-electron chi connectivity index (χ3n) is 2.23. The van der Waals surface area contributed by atoms with Crippen LogP contribution in [-0.4, -0.2) is 34.4 Å². The summed E-state index contributed by atoms with van der Waals surface area (Å²) in [5.41, 5.74) is 0.0139. The smallest absolute Gasteiger partial charge is 0.357 e. The Morgan fingerprint density at radius 2 is 1.92 bits per heavy atom. The van der Waals surface area contributed by atoms with Crippen molar-refractivity contribution < 1.29 is 13.6 Å². The highest BCUT2D eigenvalue weighted by molar-refractivity contribution is 6.67. The fraction of sp³-hybridized carbons (Fsp3) is 0.875. The molecule has 78 valence electrons. The SMILES string of the molecule is CCC(NC(C)=O)[Si](C)(OC)OC. The maximum atomic E-state index is 10.9. The van der Waals surface area contributed by atoms with Crippen molar-refractivity contribution in [3.05, 3.63) is 0 Å². The van der Waals surface area contributed by atoms with Crippen LogP contribution >= 0.6 is 0 Å². The van der Waals surface area contributed by atoms with Crippen LogP contribution in [0, 0.1) is 0 Å². The van der Waals surface area contributed by atoms with Crippen LogP contribution in [0.4, 0.5) is 0 Å². The summed E-state index contributed by atoms with van der Waals surface area (Å²) in [6, 6.07) is 0. The molecule has 0 saturated heterocycles. The van der Waals surface area contributed by atoms with Gasteiger partial charge < -0.3 is 14.2 Å². The second-order valence-corrected chi connectivity index (χ2v) is 6.63. The van der Waals surface area contributed by atoms with Gasteiger partial charge in [0.25, 0.3) is 0 Å². The number of nitrogens with one attached hydrogen (secondary N) is 1. The molecule has 0 aliphatic rings. The molecule has 0 rings (SSSR count). The monoisotopic (exact) mass is 205 g/mol. The molecule has 0 bridgehead atoms. The van der Waals surface area contributed by atoms with Crippen LogP contribution in [0.1, 0.15) is 20.3 Å². The van der Waals surface area contributed by atoms with Crippen molar-refractivity contribution >= 4 is 14.5 Å². The van der Waals surface area contributed by atoms with Crippen molar-refractivity contribution in [1.82, 2.24) is 5.32 Å². The highest BCUT2D eigenvalue weighted by Crippen LogP contribution is 2.13. The fourth-order valence-electron chi connectivity index (χ4n) is 1.22. The molecule has 0 aromatic carbocycles. The molecule has 1 atom stereocenters. The minimum atomic E-state index is -2.22. The molecular formula is C8H19NO3Si. The average Bonchev–Trinajstić information content (AvgIpc) is 2.12. The van der Waals surface area contributed by atoms with Crippen LogP contribution < -0.4 is 5.32 Å². The molecule has 1 amide bonds. The van der Waals surface area contributed by atoms with Crippen LogP contribution in [0.5, 0.6) is 0 Å². The average molecular weight is 205 g/mol. The summed E-state index contributed by atoms with van der Waals surface area (Å²) in [5, 5.41) is 2.84. The lowest BCUT2D eigenvalue weighted by Gasteiger charge is -2.31. The molecule has 0 radical (unpaired) electrons. The van der Waals surface area contributed by atoms with Crippen molar-refractivity contribution in [3.8, 4) is 0 Å². The van der Waals surface area contributed by atoms with Gasteiger partial charge in [0.1, 0.15) is 0 Å². The molecule has 0 aromatic heterocycles. The number of rotatable bonds is 5. The predicted molar refractivity (Wildman–Crippen MR) is 53.5 cm³/mol. The Labute approximate surface area is 80.9 Å². The van der Waals surface area contributed by atoms with Crippen molar-refractivity contribution in [2.24, 2.45) is 0 Å². The van der Waals surface area contributed by atoms with Crippen LogP contribution in [0.15, 0.2) is 0 Å². The summed E-state index contributed by atoms with van der Waals surface area (Å²) in [6.45, 7) is 5.45. The summed E-state index contributed by atoms with van der Waals surface area (Å²) in [7, 11) is 1.03. The van der Waals surface area contributed by atoms with Gasteiger partial charge in [0.15, 0.2) is 0 Å². The third-order valence-corrected chi connectivity index (χ3v) is 5.67. The maximum absolute atomic E-state index is 10.9. The zero-order valence-corrected chi connectivity index (χ0v) is 10.0. The first-order valence-corrected chi connectivity index (χ1v) is 6.77. The molecule has 0 aliphatic heterocycles. The molecule has 1 unspecified atom stereocenters. The van der Waals surface area contributed by atoms with E-state index in [1.54, 1.807) is 14.2 Å². The highest BCUT2D eigenvalue weighted by Gasteiger charge is 2.38. The zero-order chi connectivity index (χ0) is 10.5. The van der Waals surface area contributed by atoms with E-state index in [2.05, 4.69) is 5.32 Å². The normalized spacial score (nSPS) is 13.9. The zero-order valence-electron chi connectivity index (χ0n) is 9.01. The van der Waals surface area contributed by atoms with E-state index in [-0.39, 0.29) is 11.6 Å². The van der Waals surface area contributed by atoms with E-state index in [9.17, 15) is 4.79 Å². The summed E-state index contributed by atoms with van der Waals surface area (Å²) < 4.78 is 10.7. The van der Waals surface area contributed by atoms with Gasteiger partial charge in [0.05, 0.1) is 5.67 Å². The number of carbonyl (C=O) groups is 1. The summed E-state index contributed by atoms with van der Waals surface area (Å²) in [6.07, 6.45) is 0.823. The molecule has 0 spiro atoms. The van der Waals surface area contributed by atoms with Gasteiger partial charge in [0.2, 0.25) is 5.91 Å². The molecule has 0 aromatic rings. The summed E-state index contributed by atoms with van der Waals surface area (Å²) in [5.74, 6) is -0.0420. The summed E-state index contributed by atoms with van der Waals surface area (Å²) >= 11 is 0. The molecular weight excluding hydrogens is 186 g/mol. The van der Waals surface area contributed by atoms with E-state index < -0.39 is 8.56 Å². The number of hydrogen-bond acceptors (Lipinski definition) is 3. The molecule has 13 heavy (non-hydrogen) atoms. The quantitative estimate of drug-likeness (QED) is 0.676. The Balaban J connectivity index is 4.42. The van der Waals surface area contributed by atoms with Crippen LogP contribution in [0.25, 0.3) is 0 Å². The maximum Gasteiger partial charge on any atom is 0.357 e. The van der Waals surface area contributed by atoms with E-state index in [4.69, 9.17) is 8.85 Å². The molecule has 5 heteroatoms. The highest BCUT2D eigenvalue weighted by atomic mass is 28.4. The largest absolute Gasteiger partial charge is 0.397 e. The van der Waals surface area contributed by atoms with Crippen molar-refractivity contribution in [1.29, 1.82) is 0 Å². The Kier molecular flexibility index (Phi) is 5.20. The molecule has 0 fully saturated rings. The third kappa shape index (κ3) is 3.46. The number of amides is 1. The van der Waals surface area contributed by atoms with Crippen molar-refractivity contribution in [3.63, 3.8) is 0 Å². The molecule has 4 nitrogen and oxygen atoms in total. The second-order valence-electron chi connectivity index (χ2n) is 3.09. The molecule has 0 saturated carbocycles. The Bertz CT molecular complexity index is 171. The number of hydrogen-bond donors (Lipinski definition) is 1. The molecule has 0 heterocycles. The topological polar surface area (TPSA) is 47.6 Å². The minimum Gasteiger partial charge on any atom is -0.397 e. The Morgan fingerprint density at radius 1 is 1.46 bits per heavy atom. The van der Waals surface area contributed by atoms with Gasteiger partial charge in [-0.25, -0.2) is 0 Å². The van der Waals surface area contributed by atoms with E-state index in [0.717, 1.165) is 6.42 Å². The second kappa shape index (κ2) is 5.36. The molecule has 0 aliphatic carbocycles. The van der Waals surface area contributed by atoms with Crippen LogP contribution in [0.3, 0.4) is 0 Å². The van der Waals surface area contributed by atoms with Gasteiger partial charge in [-0.1, -0.05) is 6.92 Å². The standard InChI is InChI=1S/C8H19NO3Si/c1-6-8(9-7(2)10)13(5,11-3)12-4/h8H,6H2,1-5H3,(H,9,10). The number of carbonyl (C=O) groups excluding carboxylic acids is 1. The van der Waals surface area contributed by atoms with Gasteiger partial charge >= 0.3 is 8.56 Å². The van der Waals surface area contributed by atoms with Crippen LogP contribution in [-0.2, 0) is 13.6 Å². The van der Waals surface area contributed by atoms with Gasteiger partial charge in [-0.2, -0.15) is 0 Å². The molecule has 1 N–H and O–H groups in total. The first-order chi connectivity index (χ1) is 6.00. The first kappa shape index (κ1) is 12.6. The van der Waals surface area contributed by atoms with Crippen molar-refractivity contribution in [2.75, 3.05) is 14.2 Å². The lowest BCUT2D eigenvalue weighted by atomic mass is 10.4. The Morgan fingerprint density at radius 3 is 2.15 bits per heavy atom. The van der Waals surface area contributed by atoms with E-state index in [1.165, 1.54) is 6.92 Å². The fourth-order valence-corrected chi connectivity index (χ4v) is 3.16. The van der Waals surface area contributed by atoms with E-state index >= 15 is 0 Å². The lowest BCUT2D eigenvalue weighted by Crippen LogP contribution is -2.57. The Hall–Kier alpha value is -0.393. The van der Waals surface area contributed by atoms with E-state index in [1.807, 2.05) is 13.5 Å². The van der Waals surface area contributed by atoms with Gasteiger partial charge in [-0.3, -0.25) is 4.79 Å². The first-order valence-electron chi connectivity index (χ1n) is 4.37. The van der Waals surface area contributed by atoms with Gasteiger partial charge in [-0.15, -0.1) is 0 Å². The van der Waals surface area contributed by atoms with Crippen LogP contribution in [0.2, 0.25) is 6.55 Å². The predicted octanol–water partition coefficient (Wildman–Crippen LogP) is 0.805. The van der Waals surface area contributed by atoms with Gasteiger partial charge in [-0.05, 0) is 13.0 Å².